The monoisotopic (exact) mass is 514 g/mol. The van der Waals surface area contributed by atoms with Crippen molar-refractivity contribution in [1.82, 2.24) is 0 Å². The highest BCUT2D eigenvalue weighted by Crippen LogP contribution is 2.73. The van der Waals surface area contributed by atoms with Crippen LogP contribution in [0.25, 0.3) is 5.76 Å². The van der Waals surface area contributed by atoms with E-state index in [0.717, 1.165) is 62.6 Å². The molecule has 0 aliphatic rings. The van der Waals surface area contributed by atoms with Gasteiger partial charge in [-0.3, -0.25) is 4.79 Å². The molecule has 0 amide bonds. The van der Waals surface area contributed by atoms with Gasteiger partial charge in [-0.2, -0.15) is 0 Å². The SMILES string of the molecule is CCCC[P+](CCCC)(CCCC)[C@H](/C(C(=O)c1ccccc1)=C(\[O-])c1ccccc1)c1ccccc1. The molecule has 3 rings (SSSR count). The molecule has 0 aliphatic heterocycles. The first-order valence-electron chi connectivity index (χ1n) is 14.0. The number of carbonyl (C=O) groups is 1. The van der Waals surface area contributed by atoms with E-state index in [1.165, 1.54) is 0 Å². The third-order valence-corrected chi connectivity index (χ3v) is 12.6. The lowest BCUT2D eigenvalue weighted by molar-refractivity contribution is -0.244. The molecule has 3 aromatic rings. The summed E-state index contributed by atoms with van der Waals surface area (Å²) in [4.78, 5) is 14.4. The summed E-state index contributed by atoms with van der Waals surface area (Å²) in [6.07, 6.45) is 10.1. The Kier molecular flexibility index (Phi) is 11.6. The van der Waals surface area contributed by atoms with Crippen LogP contribution in [-0.2, 0) is 0 Å². The molecule has 0 spiro atoms. The van der Waals surface area contributed by atoms with Gasteiger partial charge in [-0.05, 0) is 30.4 Å². The summed E-state index contributed by atoms with van der Waals surface area (Å²) >= 11 is 0. The number of carbonyl (C=O) groups excluding carboxylic acids is 1. The van der Waals surface area contributed by atoms with Crippen molar-refractivity contribution in [3.05, 3.63) is 113 Å². The molecule has 3 heteroatoms. The van der Waals surface area contributed by atoms with Crippen LogP contribution in [0.15, 0.2) is 96.6 Å². The van der Waals surface area contributed by atoms with Crippen molar-refractivity contribution in [3.8, 4) is 0 Å². The Hall–Kier alpha value is -2.70. The number of hydrogen-bond donors (Lipinski definition) is 0. The molecule has 196 valence electrons. The Morgan fingerprint density at radius 3 is 1.49 bits per heavy atom. The maximum atomic E-state index is 14.4. The summed E-state index contributed by atoms with van der Waals surface area (Å²) in [5.41, 5.74) is 2.64. The van der Waals surface area contributed by atoms with Gasteiger partial charge >= 0.3 is 0 Å². The number of ketones is 1. The Morgan fingerprint density at radius 2 is 1.05 bits per heavy atom. The molecule has 0 bridgehead atoms. The van der Waals surface area contributed by atoms with Gasteiger partial charge in [-0.1, -0.05) is 137 Å². The van der Waals surface area contributed by atoms with E-state index >= 15 is 0 Å². The van der Waals surface area contributed by atoms with E-state index in [0.29, 0.717) is 16.7 Å². The zero-order chi connectivity index (χ0) is 26.5. The average Bonchev–Trinajstić information content (AvgIpc) is 2.96. The van der Waals surface area contributed by atoms with Crippen molar-refractivity contribution >= 4 is 18.8 Å². The molecule has 0 saturated heterocycles. The zero-order valence-corrected chi connectivity index (χ0v) is 23.8. The summed E-state index contributed by atoms with van der Waals surface area (Å²) < 4.78 is 0. The molecular formula is C34H43O2P. The molecule has 2 nitrogen and oxygen atoms in total. The minimum atomic E-state index is -1.76. The second kappa shape index (κ2) is 14.9. The van der Waals surface area contributed by atoms with E-state index in [9.17, 15) is 9.90 Å². The van der Waals surface area contributed by atoms with Crippen LogP contribution in [0.1, 0.15) is 86.4 Å². The molecular weight excluding hydrogens is 471 g/mol. The standard InChI is InChI=1S/C34H43O2P/c1-4-7-25-37(26-8-5-2,27-9-6-3)34(30-23-17-12-18-24-30)31(32(35)28-19-13-10-14-20-28)33(36)29-21-15-11-16-22-29/h10-24,34H,4-9,25-27H2,1-3H3/t34-/m0/s1. The van der Waals surface area contributed by atoms with E-state index in [1.807, 2.05) is 66.7 Å². The van der Waals surface area contributed by atoms with Crippen LogP contribution in [-0.4, -0.2) is 24.3 Å². The highest BCUT2D eigenvalue weighted by molar-refractivity contribution is 7.76. The second-order valence-corrected chi connectivity index (χ2v) is 14.4. The molecule has 1 atom stereocenters. The van der Waals surface area contributed by atoms with Gasteiger partial charge in [-0.15, -0.1) is 0 Å². The van der Waals surface area contributed by atoms with E-state index in [1.54, 1.807) is 0 Å². The molecule has 0 saturated carbocycles. The molecule has 0 N–H and O–H groups in total. The Bertz CT molecular complexity index is 1080. The first kappa shape index (κ1) is 28.9. The summed E-state index contributed by atoms with van der Waals surface area (Å²) in [5, 5.41) is 14.4. The van der Waals surface area contributed by atoms with Gasteiger partial charge in [0.1, 0.15) is 5.66 Å². The third-order valence-electron chi connectivity index (χ3n) is 7.37. The van der Waals surface area contributed by atoms with Crippen molar-refractivity contribution in [1.29, 1.82) is 0 Å². The number of benzene rings is 3. The van der Waals surface area contributed by atoms with Crippen LogP contribution >= 0.6 is 7.26 Å². The second-order valence-electron chi connectivity index (χ2n) is 10.1. The van der Waals surface area contributed by atoms with Gasteiger partial charge in [0.25, 0.3) is 0 Å². The van der Waals surface area contributed by atoms with Crippen molar-refractivity contribution in [2.45, 2.75) is 65.0 Å². The molecule has 0 fully saturated rings. The van der Waals surface area contributed by atoms with Crippen molar-refractivity contribution in [3.63, 3.8) is 0 Å². The lowest BCUT2D eigenvalue weighted by atomic mass is 9.93. The van der Waals surface area contributed by atoms with Gasteiger partial charge < -0.3 is 5.11 Å². The van der Waals surface area contributed by atoms with Crippen molar-refractivity contribution < 1.29 is 9.90 Å². The van der Waals surface area contributed by atoms with Crippen LogP contribution < -0.4 is 5.11 Å². The lowest BCUT2D eigenvalue weighted by Crippen LogP contribution is -2.25. The minimum absolute atomic E-state index is 0.114. The van der Waals surface area contributed by atoms with Gasteiger partial charge in [0.05, 0.1) is 18.5 Å². The maximum absolute atomic E-state index is 14.4. The summed E-state index contributed by atoms with van der Waals surface area (Å²) in [7, 11) is -1.76. The van der Waals surface area contributed by atoms with Crippen molar-refractivity contribution in [2.75, 3.05) is 18.5 Å². The fraction of sp³-hybridized carbons (Fsp3) is 0.382. The number of unbranched alkanes of at least 4 members (excludes halogenated alkanes) is 3. The van der Waals surface area contributed by atoms with Crippen LogP contribution in [0.5, 0.6) is 0 Å². The summed E-state index contributed by atoms with van der Waals surface area (Å²) in [6, 6.07) is 29.3. The first-order chi connectivity index (χ1) is 18.1. The normalized spacial score (nSPS) is 13.2. The van der Waals surface area contributed by atoms with E-state index < -0.39 is 7.26 Å². The Labute approximate surface area is 225 Å². The zero-order valence-electron chi connectivity index (χ0n) is 22.9. The van der Waals surface area contributed by atoms with E-state index in [4.69, 9.17) is 0 Å². The van der Waals surface area contributed by atoms with Crippen LogP contribution in [0.3, 0.4) is 0 Å². The number of allylic oxidation sites excluding steroid dienone is 1. The fourth-order valence-corrected chi connectivity index (χ4v) is 11.2. The fourth-order valence-electron chi connectivity index (χ4n) is 5.38. The van der Waals surface area contributed by atoms with Crippen LogP contribution in [0.2, 0.25) is 0 Å². The average molecular weight is 515 g/mol. The van der Waals surface area contributed by atoms with E-state index in [2.05, 4.69) is 45.0 Å². The van der Waals surface area contributed by atoms with Gasteiger partial charge in [0, 0.05) is 18.4 Å². The lowest BCUT2D eigenvalue weighted by Gasteiger charge is -2.39. The predicted octanol–water partition coefficient (Wildman–Crippen LogP) is 8.80. The highest BCUT2D eigenvalue weighted by Gasteiger charge is 2.48. The Balaban J connectivity index is 2.37. The summed E-state index contributed by atoms with van der Waals surface area (Å²) in [6.45, 7) is 6.75. The van der Waals surface area contributed by atoms with Gasteiger partial charge in [0.15, 0.2) is 5.78 Å². The molecule has 0 radical (unpaired) electrons. The molecule has 37 heavy (non-hydrogen) atoms. The molecule has 0 unspecified atom stereocenters. The molecule has 0 aliphatic carbocycles. The third kappa shape index (κ3) is 7.42. The van der Waals surface area contributed by atoms with Crippen molar-refractivity contribution in [2.24, 2.45) is 0 Å². The number of Topliss-reactive ketones (excluding diaryl/α,β-unsaturated/α-hetero) is 1. The van der Waals surface area contributed by atoms with Crippen LogP contribution in [0, 0.1) is 0 Å². The Morgan fingerprint density at radius 1 is 0.649 bits per heavy atom. The first-order valence-corrected chi connectivity index (χ1v) is 16.5. The number of rotatable bonds is 15. The topological polar surface area (TPSA) is 40.1 Å². The highest BCUT2D eigenvalue weighted by atomic mass is 31.2. The van der Waals surface area contributed by atoms with Crippen LogP contribution in [0.4, 0.5) is 0 Å². The molecule has 3 aromatic carbocycles. The molecule has 0 heterocycles. The maximum Gasteiger partial charge on any atom is 0.192 e. The quantitative estimate of drug-likeness (QED) is 0.0880. The smallest absolute Gasteiger partial charge is 0.192 e. The minimum Gasteiger partial charge on any atom is -0.872 e. The van der Waals surface area contributed by atoms with Gasteiger partial charge in [0.2, 0.25) is 0 Å². The summed E-state index contributed by atoms with van der Waals surface area (Å²) in [5.74, 6) is -0.227. The largest absolute Gasteiger partial charge is 0.872 e. The van der Waals surface area contributed by atoms with E-state index in [-0.39, 0.29) is 17.2 Å². The molecule has 0 aromatic heterocycles. The van der Waals surface area contributed by atoms with Gasteiger partial charge in [-0.25, -0.2) is 0 Å². The predicted molar refractivity (Wildman–Crippen MR) is 160 cm³/mol. The number of hydrogen-bond acceptors (Lipinski definition) is 2.